The number of nitrogens with two attached hydrogens (primary N) is 1. The molecule has 1 heterocycles. The first-order valence-corrected chi connectivity index (χ1v) is 4.61. The van der Waals surface area contributed by atoms with Gasteiger partial charge in [-0.05, 0) is 17.7 Å². The molecule has 1 aromatic rings. The molecule has 0 aromatic heterocycles. The fourth-order valence-corrected chi connectivity index (χ4v) is 1.55. The SMILES string of the molecule is NC(CO)c1cc(CF)cc2c1OCO2. The lowest BCUT2D eigenvalue weighted by atomic mass is 10.0. The highest BCUT2D eigenvalue weighted by Crippen LogP contribution is 2.39. The number of alkyl halides is 1. The van der Waals surface area contributed by atoms with Crippen LogP contribution in [0.1, 0.15) is 17.2 Å². The Hall–Kier alpha value is -1.33. The maximum atomic E-state index is 12.5. The molecule has 1 atom stereocenters. The molecular formula is C10H12FNO3. The van der Waals surface area contributed by atoms with E-state index < -0.39 is 12.7 Å². The zero-order valence-electron chi connectivity index (χ0n) is 8.07. The first kappa shape index (κ1) is 10.2. The third-order valence-corrected chi connectivity index (χ3v) is 2.31. The highest BCUT2D eigenvalue weighted by Gasteiger charge is 2.22. The lowest BCUT2D eigenvalue weighted by Crippen LogP contribution is -2.15. The van der Waals surface area contributed by atoms with E-state index in [1.165, 1.54) is 0 Å². The van der Waals surface area contributed by atoms with Gasteiger partial charge in [-0.15, -0.1) is 0 Å². The largest absolute Gasteiger partial charge is 0.454 e. The summed E-state index contributed by atoms with van der Waals surface area (Å²) in [6.45, 7) is -0.705. The molecule has 0 radical (unpaired) electrons. The molecule has 4 nitrogen and oxygen atoms in total. The second kappa shape index (κ2) is 4.04. The van der Waals surface area contributed by atoms with E-state index in [9.17, 15) is 4.39 Å². The average Bonchev–Trinajstić information content (AvgIpc) is 2.74. The number of halogens is 1. The molecule has 0 amide bonds. The van der Waals surface area contributed by atoms with Gasteiger partial charge in [0.2, 0.25) is 6.79 Å². The molecule has 0 bridgehead atoms. The molecule has 15 heavy (non-hydrogen) atoms. The smallest absolute Gasteiger partial charge is 0.231 e. The minimum Gasteiger partial charge on any atom is -0.454 e. The van der Waals surface area contributed by atoms with Crippen molar-refractivity contribution in [3.05, 3.63) is 23.3 Å². The normalized spacial score (nSPS) is 15.4. The van der Waals surface area contributed by atoms with Gasteiger partial charge in [0.05, 0.1) is 12.6 Å². The average molecular weight is 213 g/mol. The Morgan fingerprint density at radius 2 is 2.27 bits per heavy atom. The summed E-state index contributed by atoms with van der Waals surface area (Å²) in [6.07, 6.45) is 0. The maximum Gasteiger partial charge on any atom is 0.231 e. The van der Waals surface area contributed by atoms with E-state index in [0.717, 1.165) is 0 Å². The van der Waals surface area contributed by atoms with Crippen molar-refractivity contribution < 1.29 is 19.0 Å². The van der Waals surface area contributed by atoms with Gasteiger partial charge in [-0.3, -0.25) is 0 Å². The van der Waals surface area contributed by atoms with E-state index in [-0.39, 0.29) is 13.4 Å². The highest BCUT2D eigenvalue weighted by molar-refractivity contribution is 5.52. The molecule has 3 N–H and O–H groups in total. The lowest BCUT2D eigenvalue weighted by molar-refractivity contribution is 0.172. The van der Waals surface area contributed by atoms with E-state index in [4.69, 9.17) is 20.3 Å². The Balaban J connectivity index is 2.47. The predicted octanol–water partition coefficient (Wildman–Crippen LogP) is 0.877. The molecule has 0 aliphatic carbocycles. The second-order valence-corrected chi connectivity index (χ2v) is 3.34. The van der Waals surface area contributed by atoms with Crippen molar-refractivity contribution in [3.63, 3.8) is 0 Å². The van der Waals surface area contributed by atoms with Crippen LogP contribution < -0.4 is 15.2 Å². The Morgan fingerprint density at radius 1 is 1.47 bits per heavy atom. The van der Waals surface area contributed by atoms with Crippen molar-refractivity contribution in [2.45, 2.75) is 12.7 Å². The van der Waals surface area contributed by atoms with Crippen LogP contribution in [0.2, 0.25) is 0 Å². The number of hydrogen-bond acceptors (Lipinski definition) is 4. The summed E-state index contributed by atoms with van der Waals surface area (Å²) in [6, 6.07) is 2.59. The van der Waals surface area contributed by atoms with Crippen LogP contribution in [0.4, 0.5) is 4.39 Å². The van der Waals surface area contributed by atoms with Crippen LogP contribution in [0.5, 0.6) is 11.5 Å². The Kier molecular flexibility index (Phi) is 2.75. The van der Waals surface area contributed by atoms with Crippen LogP contribution >= 0.6 is 0 Å². The topological polar surface area (TPSA) is 64.7 Å². The van der Waals surface area contributed by atoms with Crippen molar-refractivity contribution in [2.24, 2.45) is 5.73 Å². The van der Waals surface area contributed by atoms with Gasteiger partial charge in [-0.1, -0.05) is 0 Å². The third-order valence-electron chi connectivity index (χ3n) is 2.31. The van der Waals surface area contributed by atoms with Gasteiger partial charge in [0.1, 0.15) is 6.67 Å². The molecule has 1 unspecified atom stereocenters. The minimum atomic E-state index is -0.595. The lowest BCUT2D eigenvalue weighted by Gasteiger charge is -2.12. The van der Waals surface area contributed by atoms with Crippen LogP contribution in [0.3, 0.4) is 0 Å². The Morgan fingerprint density at radius 3 is 2.93 bits per heavy atom. The van der Waals surface area contributed by atoms with Gasteiger partial charge in [0, 0.05) is 5.56 Å². The Bertz CT molecular complexity index is 370. The summed E-state index contributed by atoms with van der Waals surface area (Å²) in [5.74, 6) is 0.998. The maximum absolute atomic E-state index is 12.5. The number of hydrogen-bond donors (Lipinski definition) is 2. The fraction of sp³-hybridized carbons (Fsp3) is 0.400. The molecule has 0 fully saturated rings. The van der Waals surface area contributed by atoms with E-state index in [1.807, 2.05) is 0 Å². The zero-order valence-corrected chi connectivity index (χ0v) is 8.07. The summed E-state index contributed by atoms with van der Waals surface area (Å²) < 4.78 is 22.9. The number of ether oxygens (including phenoxy) is 2. The molecule has 0 saturated heterocycles. The van der Waals surface area contributed by atoms with Crippen LogP contribution in [-0.2, 0) is 6.67 Å². The van der Waals surface area contributed by atoms with Crippen molar-refractivity contribution in [2.75, 3.05) is 13.4 Å². The number of rotatable bonds is 3. The van der Waals surface area contributed by atoms with Gasteiger partial charge in [0.15, 0.2) is 11.5 Å². The quantitative estimate of drug-likeness (QED) is 0.782. The first-order chi connectivity index (χ1) is 7.26. The van der Waals surface area contributed by atoms with Gasteiger partial charge in [-0.2, -0.15) is 0 Å². The summed E-state index contributed by atoms with van der Waals surface area (Å²) >= 11 is 0. The molecule has 1 aliphatic heterocycles. The van der Waals surface area contributed by atoms with E-state index >= 15 is 0 Å². The molecule has 82 valence electrons. The summed E-state index contributed by atoms with van der Waals surface area (Å²) in [5, 5.41) is 8.97. The third kappa shape index (κ3) is 1.75. The Labute approximate surface area is 86.4 Å². The predicted molar refractivity (Wildman–Crippen MR) is 51.4 cm³/mol. The van der Waals surface area contributed by atoms with Gasteiger partial charge in [-0.25, -0.2) is 4.39 Å². The summed E-state index contributed by atoms with van der Waals surface area (Å²) in [5.41, 5.74) is 6.74. The van der Waals surface area contributed by atoms with Gasteiger partial charge in [0.25, 0.3) is 0 Å². The van der Waals surface area contributed by atoms with E-state index in [1.54, 1.807) is 12.1 Å². The zero-order chi connectivity index (χ0) is 10.8. The second-order valence-electron chi connectivity index (χ2n) is 3.34. The number of benzene rings is 1. The molecule has 2 rings (SSSR count). The van der Waals surface area contributed by atoms with Gasteiger partial charge >= 0.3 is 0 Å². The van der Waals surface area contributed by atoms with Crippen LogP contribution in [0, 0.1) is 0 Å². The van der Waals surface area contributed by atoms with Gasteiger partial charge < -0.3 is 20.3 Å². The number of aliphatic hydroxyl groups excluding tert-OH is 1. The summed E-state index contributed by atoms with van der Waals surface area (Å²) in [4.78, 5) is 0. The van der Waals surface area contributed by atoms with E-state index in [0.29, 0.717) is 22.6 Å². The number of aliphatic hydroxyl groups is 1. The highest BCUT2D eigenvalue weighted by atomic mass is 19.1. The van der Waals surface area contributed by atoms with E-state index in [2.05, 4.69) is 0 Å². The van der Waals surface area contributed by atoms with Crippen molar-refractivity contribution in [1.29, 1.82) is 0 Å². The van der Waals surface area contributed by atoms with Crippen LogP contribution in [-0.4, -0.2) is 18.5 Å². The molecule has 1 aromatic carbocycles. The molecule has 1 aliphatic rings. The van der Waals surface area contributed by atoms with Crippen molar-refractivity contribution in [3.8, 4) is 11.5 Å². The fourth-order valence-electron chi connectivity index (χ4n) is 1.55. The van der Waals surface area contributed by atoms with Crippen LogP contribution in [0.25, 0.3) is 0 Å². The van der Waals surface area contributed by atoms with Crippen LogP contribution in [0.15, 0.2) is 12.1 Å². The summed E-state index contributed by atoms with van der Waals surface area (Å²) in [7, 11) is 0. The van der Waals surface area contributed by atoms with Crippen molar-refractivity contribution in [1.82, 2.24) is 0 Å². The van der Waals surface area contributed by atoms with Crippen molar-refractivity contribution >= 4 is 0 Å². The first-order valence-electron chi connectivity index (χ1n) is 4.61. The molecular weight excluding hydrogens is 201 g/mol. The molecule has 5 heteroatoms. The minimum absolute atomic E-state index is 0.107. The standard InChI is InChI=1S/C10H12FNO3/c11-3-6-1-7(8(12)4-13)10-9(2-6)14-5-15-10/h1-2,8,13H,3-5,12H2. The number of fused-ring (bicyclic) bond motifs is 1. The monoisotopic (exact) mass is 213 g/mol. The molecule has 0 spiro atoms. The molecule has 0 saturated carbocycles.